The molecular formula is C12H12FN5O3. The lowest BCUT2D eigenvalue weighted by Gasteiger charge is -2.23. The number of halogens is 1. The maximum absolute atomic E-state index is 14.9. The van der Waals surface area contributed by atoms with Crippen molar-refractivity contribution in [3.05, 3.63) is 12.5 Å². The van der Waals surface area contributed by atoms with Gasteiger partial charge in [-0.2, -0.15) is 4.98 Å². The summed E-state index contributed by atoms with van der Waals surface area (Å²) in [5.41, 5.74) is 3.56. The number of aliphatic hydroxyl groups is 2. The van der Waals surface area contributed by atoms with E-state index in [9.17, 15) is 9.50 Å². The lowest BCUT2D eigenvalue weighted by atomic mass is 9.97. The highest BCUT2D eigenvalue weighted by atomic mass is 19.1. The maximum atomic E-state index is 14.9. The van der Waals surface area contributed by atoms with Gasteiger partial charge in [0.2, 0.25) is 11.6 Å². The zero-order chi connectivity index (χ0) is 15.2. The Kier molecular flexibility index (Phi) is 3.02. The molecule has 1 aliphatic rings. The first-order valence-electron chi connectivity index (χ1n) is 6.07. The highest BCUT2D eigenvalue weighted by Crippen LogP contribution is 2.42. The zero-order valence-corrected chi connectivity index (χ0v) is 10.7. The number of aromatic nitrogens is 4. The van der Waals surface area contributed by atoms with Gasteiger partial charge in [-0.3, -0.25) is 4.57 Å². The van der Waals surface area contributed by atoms with E-state index >= 15 is 0 Å². The Morgan fingerprint density at radius 1 is 1.57 bits per heavy atom. The molecule has 0 aromatic carbocycles. The molecule has 2 aromatic heterocycles. The Morgan fingerprint density at radius 3 is 3.00 bits per heavy atom. The van der Waals surface area contributed by atoms with E-state index < -0.39 is 30.7 Å². The molecule has 3 heterocycles. The van der Waals surface area contributed by atoms with E-state index in [4.69, 9.17) is 22.0 Å². The molecule has 0 saturated carbocycles. The molecule has 0 spiro atoms. The van der Waals surface area contributed by atoms with Gasteiger partial charge in [-0.05, 0) is 0 Å². The van der Waals surface area contributed by atoms with E-state index in [1.807, 2.05) is 5.92 Å². The molecule has 9 heteroatoms. The number of nitrogens with zero attached hydrogens (tertiary/aromatic N) is 4. The van der Waals surface area contributed by atoms with Crippen LogP contribution in [0.5, 0.6) is 0 Å². The first-order valence-corrected chi connectivity index (χ1v) is 6.07. The van der Waals surface area contributed by atoms with E-state index in [2.05, 4.69) is 15.0 Å². The lowest BCUT2D eigenvalue weighted by Crippen LogP contribution is -2.42. The van der Waals surface area contributed by atoms with Crippen LogP contribution in [0.15, 0.2) is 12.5 Å². The number of anilines is 1. The van der Waals surface area contributed by atoms with Crippen molar-refractivity contribution in [2.45, 2.75) is 24.1 Å². The third-order valence-electron chi connectivity index (χ3n) is 3.43. The van der Waals surface area contributed by atoms with Crippen LogP contribution < -0.4 is 5.73 Å². The molecule has 0 aliphatic carbocycles. The average Bonchev–Trinajstić information content (AvgIpc) is 2.99. The highest BCUT2D eigenvalue weighted by Gasteiger charge is 2.57. The largest absolute Gasteiger partial charge is 0.394 e. The van der Waals surface area contributed by atoms with Crippen molar-refractivity contribution in [3.63, 3.8) is 0 Å². The van der Waals surface area contributed by atoms with Crippen LogP contribution in [0.2, 0.25) is 0 Å². The number of hydrogen-bond donors (Lipinski definition) is 3. The van der Waals surface area contributed by atoms with Gasteiger partial charge in [0.25, 0.3) is 0 Å². The number of terminal acetylenes is 1. The quantitative estimate of drug-likeness (QED) is 0.607. The Hall–Kier alpha value is -2.28. The first kappa shape index (κ1) is 13.7. The van der Waals surface area contributed by atoms with Crippen molar-refractivity contribution in [3.8, 4) is 12.3 Å². The minimum Gasteiger partial charge on any atom is -0.394 e. The molecule has 4 atom stereocenters. The molecule has 0 bridgehead atoms. The molecule has 2 aromatic rings. The fraction of sp³-hybridized carbons (Fsp3) is 0.417. The van der Waals surface area contributed by atoms with Gasteiger partial charge in [0.1, 0.15) is 17.7 Å². The predicted molar refractivity (Wildman–Crippen MR) is 69.4 cm³/mol. The number of nitrogen functional groups attached to an aromatic ring is 1. The van der Waals surface area contributed by atoms with Crippen LogP contribution in [-0.2, 0) is 4.74 Å². The van der Waals surface area contributed by atoms with E-state index in [0.717, 1.165) is 0 Å². The van der Waals surface area contributed by atoms with Crippen molar-refractivity contribution >= 4 is 17.1 Å². The predicted octanol–water partition coefficient (Wildman–Crippen LogP) is -0.999. The van der Waals surface area contributed by atoms with Gasteiger partial charge in [0, 0.05) is 0 Å². The third-order valence-corrected chi connectivity index (χ3v) is 3.43. The second-order valence-electron chi connectivity index (χ2n) is 4.66. The van der Waals surface area contributed by atoms with Crippen LogP contribution in [0.1, 0.15) is 6.23 Å². The Labute approximate surface area is 118 Å². The van der Waals surface area contributed by atoms with Gasteiger partial charge < -0.3 is 20.7 Å². The summed E-state index contributed by atoms with van der Waals surface area (Å²) in [7, 11) is 0. The topological polar surface area (TPSA) is 119 Å². The third kappa shape index (κ3) is 1.84. The van der Waals surface area contributed by atoms with Crippen LogP contribution in [0, 0.1) is 12.3 Å². The maximum Gasteiger partial charge on any atom is 0.243 e. The molecule has 4 N–H and O–H groups in total. The number of ether oxygens (including phenoxy) is 1. The minimum atomic E-state index is -2.53. The molecule has 110 valence electrons. The summed E-state index contributed by atoms with van der Waals surface area (Å²) < 4.78 is 21.4. The molecule has 0 radical (unpaired) electrons. The van der Waals surface area contributed by atoms with Gasteiger partial charge >= 0.3 is 0 Å². The summed E-state index contributed by atoms with van der Waals surface area (Å²) >= 11 is 0. The fourth-order valence-corrected chi connectivity index (χ4v) is 2.33. The van der Waals surface area contributed by atoms with Crippen LogP contribution in [-0.4, -0.2) is 54.2 Å². The summed E-state index contributed by atoms with van der Waals surface area (Å²) in [5.74, 6) is 1.87. The van der Waals surface area contributed by atoms with Gasteiger partial charge in [-0.25, -0.2) is 14.4 Å². The molecule has 1 aliphatic heterocycles. The summed E-state index contributed by atoms with van der Waals surface area (Å²) in [6.45, 7) is -0.575. The second-order valence-corrected chi connectivity index (χ2v) is 4.66. The smallest absolute Gasteiger partial charge is 0.243 e. The van der Waals surface area contributed by atoms with Crippen LogP contribution >= 0.6 is 0 Å². The summed E-state index contributed by atoms with van der Waals surface area (Å²) in [6, 6.07) is 0. The standard InChI is InChI=1S/C12H12FN5O3/c1-2-12(13)8(20)7(4-19)21-10(12)18-5-16-6-3-15-11(14)17-9(6)18/h1,3,5,7-8,10,19-20H,4H2,(H2,14,15,17)/t7-,8?,10?,12?/m1/s1. The van der Waals surface area contributed by atoms with Gasteiger partial charge in [0.05, 0.1) is 19.1 Å². The van der Waals surface area contributed by atoms with Crippen molar-refractivity contribution < 1.29 is 19.3 Å². The number of rotatable bonds is 2. The van der Waals surface area contributed by atoms with E-state index in [0.29, 0.717) is 5.52 Å². The number of hydrogen-bond acceptors (Lipinski definition) is 7. The minimum absolute atomic E-state index is 0.0216. The van der Waals surface area contributed by atoms with Crippen LogP contribution in [0.3, 0.4) is 0 Å². The molecule has 1 saturated heterocycles. The Morgan fingerprint density at radius 2 is 2.33 bits per heavy atom. The SMILES string of the molecule is C#CC1(F)C(O)[C@@H](CO)OC1n1cnc2cnc(N)nc21. The molecule has 3 unspecified atom stereocenters. The summed E-state index contributed by atoms with van der Waals surface area (Å²) in [4.78, 5) is 11.7. The number of aliphatic hydroxyl groups excluding tert-OH is 2. The molecule has 0 amide bonds. The number of imidazole rings is 1. The molecule has 3 rings (SSSR count). The van der Waals surface area contributed by atoms with Gasteiger partial charge in [-0.1, -0.05) is 5.92 Å². The second kappa shape index (κ2) is 4.63. The monoisotopic (exact) mass is 293 g/mol. The van der Waals surface area contributed by atoms with E-state index in [-0.39, 0.29) is 11.6 Å². The molecule has 1 fully saturated rings. The van der Waals surface area contributed by atoms with Crippen molar-refractivity contribution in [2.24, 2.45) is 0 Å². The van der Waals surface area contributed by atoms with Gasteiger partial charge in [-0.15, -0.1) is 6.42 Å². The molecule has 21 heavy (non-hydrogen) atoms. The van der Waals surface area contributed by atoms with Crippen LogP contribution in [0.25, 0.3) is 11.2 Å². The van der Waals surface area contributed by atoms with E-state index in [1.54, 1.807) is 0 Å². The van der Waals surface area contributed by atoms with Gasteiger partial charge in [0.15, 0.2) is 11.9 Å². The first-order chi connectivity index (χ1) is 10.0. The fourth-order valence-electron chi connectivity index (χ4n) is 2.33. The Balaban J connectivity index is 2.13. The summed E-state index contributed by atoms with van der Waals surface area (Å²) in [5, 5.41) is 19.1. The van der Waals surface area contributed by atoms with E-state index in [1.165, 1.54) is 17.1 Å². The lowest BCUT2D eigenvalue weighted by molar-refractivity contribution is -0.0504. The zero-order valence-electron chi connectivity index (χ0n) is 10.7. The van der Waals surface area contributed by atoms with Crippen molar-refractivity contribution in [1.82, 2.24) is 19.5 Å². The van der Waals surface area contributed by atoms with Crippen molar-refractivity contribution in [1.29, 1.82) is 0 Å². The highest BCUT2D eigenvalue weighted by molar-refractivity contribution is 5.70. The molecular weight excluding hydrogens is 281 g/mol. The molecule has 8 nitrogen and oxygen atoms in total. The summed E-state index contributed by atoms with van der Waals surface area (Å²) in [6.07, 6.45) is 3.65. The Bertz CT molecular complexity index is 729. The van der Waals surface area contributed by atoms with Crippen LogP contribution in [0.4, 0.5) is 10.3 Å². The number of fused-ring (bicyclic) bond motifs is 1. The number of alkyl halides is 1. The van der Waals surface area contributed by atoms with Crippen molar-refractivity contribution in [2.75, 3.05) is 12.3 Å². The number of nitrogens with two attached hydrogens (primary N) is 1. The normalized spacial score (nSPS) is 32.4. The average molecular weight is 293 g/mol.